The lowest BCUT2D eigenvalue weighted by molar-refractivity contribution is 0.107. The van der Waals surface area contributed by atoms with Crippen LogP contribution in [0.2, 0.25) is 0 Å². The zero-order chi connectivity index (χ0) is 13.0. The summed E-state index contributed by atoms with van der Waals surface area (Å²) in [5, 5.41) is 10.0. The lowest BCUT2D eigenvalue weighted by atomic mass is 10.0. The van der Waals surface area contributed by atoms with Crippen LogP contribution in [0.4, 0.5) is 4.39 Å². The number of hydrogen-bond donors (Lipinski definition) is 1. The Morgan fingerprint density at radius 2 is 1.78 bits per heavy atom. The Hall–Kier alpha value is -1.87. The van der Waals surface area contributed by atoms with Crippen LogP contribution in [0.15, 0.2) is 48.5 Å². The average molecular weight is 246 g/mol. The third kappa shape index (κ3) is 3.08. The van der Waals surface area contributed by atoms with Crippen LogP contribution in [0, 0.1) is 12.7 Å². The number of aryl methyl sites for hydroxylation is 1. The van der Waals surface area contributed by atoms with Gasteiger partial charge in [0.05, 0.1) is 0 Å². The van der Waals surface area contributed by atoms with Crippen LogP contribution < -0.4 is 4.74 Å². The number of ether oxygens (including phenoxy) is 1. The summed E-state index contributed by atoms with van der Waals surface area (Å²) < 4.78 is 18.1. The second kappa shape index (κ2) is 5.65. The van der Waals surface area contributed by atoms with E-state index in [1.54, 1.807) is 12.1 Å². The molecule has 0 amide bonds. The summed E-state index contributed by atoms with van der Waals surface area (Å²) >= 11 is 0. The fourth-order valence-corrected chi connectivity index (χ4v) is 1.76. The Kier molecular flexibility index (Phi) is 3.95. The highest BCUT2D eigenvalue weighted by Gasteiger charge is 2.10. The van der Waals surface area contributed by atoms with Gasteiger partial charge in [-0.05, 0) is 42.3 Å². The molecule has 0 spiro atoms. The molecule has 94 valence electrons. The number of hydrogen-bond acceptors (Lipinski definition) is 2. The number of halogens is 1. The highest BCUT2D eigenvalue weighted by molar-refractivity contribution is 5.28. The fourth-order valence-electron chi connectivity index (χ4n) is 1.76. The molecular weight excluding hydrogens is 231 g/mol. The van der Waals surface area contributed by atoms with Crippen LogP contribution in [0.5, 0.6) is 5.75 Å². The molecule has 0 heterocycles. The van der Waals surface area contributed by atoms with E-state index in [2.05, 4.69) is 0 Å². The van der Waals surface area contributed by atoms with Gasteiger partial charge >= 0.3 is 0 Å². The van der Waals surface area contributed by atoms with Crippen molar-refractivity contribution in [1.82, 2.24) is 0 Å². The molecule has 0 bridgehead atoms. The molecule has 2 nitrogen and oxygen atoms in total. The van der Waals surface area contributed by atoms with E-state index in [0.717, 1.165) is 11.1 Å². The zero-order valence-corrected chi connectivity index (χ0v) is 10.1. The van der Waals surface area contributed by atoms with Crippen LogP contribution in [0.3, 0.4) is 0 Å². The van der Waals surface area contributed by atoms with Crippen molar-refractivity contribution in [3.63, 3.8) is 0 Å². The molecule has 1 N–H and O–H groups in total. The maximum atomic E-state index is 12.7. The summed E-state index contributed by atoms with van der Waals surface area (Å²) in [4.78, 5) is 0. The van der Waals surface area contributed by atoms with Crippen molar-refractivity contribution in [1.29, 1.82) is 0 Å². The minimum atomic E-state index is -0.684. The maximum Gasteiger partial charge on any atom is 0.123 e. The predicted molar refractivity (Wildman–Crippen MR) is 68.0 cm³/mol. The smallest absolute Gasteiger partial charge is 0.123 e. The summed E-state index contributed by atoms with van der Waals surface area (Å²) in [6, 6.07) is 13.4. The van der Waals surface area contributed by atoms with Gasteiger partial charge in [-0.2, -0.15) is 0 Å². The maximum absolute atomic E-state index is 12.7. The molecule has 18 heavy (non-hydrogen) atoms. The van der Waals surface area contributed by atoms with E-state index in [1.165, 1.54) is 12.1 Å². The van der Waals surface area contributed by atoms with E-state index in [9.17, 15) is 9.50 Å². The van der Waals surface area contributed by atoms with Crippen molar-refractivity contribution in [3.05, 3.63) is 65.5 Å². The van der Waals surface area contributed by atoms with Gasteiger partial charge in [-0.1, -0.05) is 24.3 Å². The highest BCUT2D eigenvalue weighted by Crippen LogP contribution is 2.19. The van der Waals surface area contributed by atoms with Crippen LogP contribution in [0.25, 0.3) is 0 Å². The number of aliphatic hydroxyl groups excluding tert-OH is 1. The van der Waals surface area contributed by atoms with Crippen LogP contribution in [-0.2, 0) is 0 Å². The Morgan fingerprint density at radius 1 is 1.11 bits per heavy atom. The molecule has 2 rings (SSSR count). The first-order chi connectivity index (χ1) is 8.66. The third-order valence-corrected chi connectivity index (χ3v) is 2.77. The van der Waals surface area contributed by atoms with Gasteiger partial charge in [-0.15, -0.1) is 0 Å². The molecule has 0 saturated carbocycles. The van der Waals surface area contributed by atoms with Gasteiger partial charge in [0.15, 0.2) is 0 Å². The third-order valence-electron chi connectivity index (χ3n) is 2.77. The lowest BCUT2D eigenvalue weighted by Gasteiger charge is -2.14. The monoisotopic (exact) mass is 246 g/mol. The molecule has 0 aliphatic carbocycles. The van der Waals surface area contributed by atoms with E-state index in [-0.39, 0.29) is 12.4 Å². The zero-order valence-electron chi connectivity index (χ0n) is 10.1. The van der Waals surface area contributed by atoms with Crippen molar-refractivity contribution in [3.8, 4) is 5.75 Å². The summed E-state index contributed by atoms with van der Waals surface area (Å²) in [7, 11) is 0. The van der Waals surface area contributed by atoms with Crippen LogP contribution >= 0.6 is 0 Å². The van der Waals surface area contributed by atoms with E-state index in [4.69, 9.17) is 4.74 Å². The lowest BCUT2D eigenvalue weighted by Crippen LogP contribution is -2.10. The Balaban J connectivity index is 1.98. The van der Waals surface area contributed by atoms with Crippen LogP contribution in [0.1, 0.15) is 17.2 Å². The molecule has 0 aliphatic heterocycles. The largest absolute Gasteiger partial charge is 0.491 e. The minimum Gasteiger partial charge on any atom is -0.491 e. The van der Waals surface area contributed by atoms with Crippen molar-refractivity contribution >= 4 is 0 Å². The molecule has 1 atom stereocenters. The summed E-state index contributed by atoms with van der Waals surface area (Å²) in [6.45, 7) is 2.09. The normalized spacial score (nSPS) is 12.2. The molecular formula is C15H15FO2. The molecule has 0 fully saturated rings. The quantitative estimate of drug-likeness (QED) is 0.897. The number of aliphatic hydroxyl groups is 1. The molecule has 0 aliphatic rings. The Labute approximate surface area is 106 Å². The van der Waals surface area contributed by atoms with Gasteiger partial charge in [0.1, 0.15) is 24.3 Å². The SMILES string of the molecule is Cc1ccccc1C(O)COc1ccc(F)cc1. The highest BCUT2D eigenvalue weighted by atomic mass is 19.1. The topological polar surface area (TPSA) is 29.5 Å². The molecule has 2 aromatic carbocycles. The van der Waals surface area contributed by atoms with E-state index < -0.39 is 6.10 Å². The number of benzene rings is 2. The fraction of sp³-hybridized carbons (Fsp3) is 0.200. The van der Waals surface area contributed by atoms with Crippen molar-refractivity contribution in [2.45, 2.75) is 13.0 Å². The minimum absolute atomic E-state index is 0.149. The van der Waals surface area contributed by atoms with Gasteiger partial charge in [0.25, 0.3) is 0 Å². The summed E-state index contributed by atoms with van der Waals surface area (Å²) in [6.07, 6.45) is -0.684. The van der Waals surface area contributed by atoms with Gasteiger partial charge < -0.3 is 9.84 Å². The van der Waals surface area contributed by atoms with Gasteiger partial charge in [-0.25, -0.2) is 4.39 Å². The molecule has 0 saturated heterocycles. The molecule has 1 unspecified atom stereocenters. The van der Waals surface area contributed by atoms with E-state index in [1.807, 2.05) is 31.2 Å². The second-order valence-corrected chi connectivity index (χ2v) is 4.14. The number of rotatable bonds is 4. The first-order valence-electron chi connectivity index (χ1n) is 5.79. The van der Waals surface area contributed by atoms with E-state index >= 15 is 0 Å². The molecule has 0 aromatic heterocycles. The Bertz CT molecular complexity index is 508. The van der Waals surface area contributed by atoms with Gasteiger partial charge in [-0.3, -0.25) is 0 Å². The first kappa shape index (κ1) is 12.6. The van der Waals surface area contributed by atoms with Crippen molar-refractivity contribution < 1.29 is 14.2 Å². The molecule has 2 aromatic rings. The second-order valence-electron chi connectivity index (χ2n) is 4.14. The van der Waals surface area contributed by atoms with Gasteiger partial charge in [0, 0.05) is 0 Å². The first-order valence-corrected chi connectivity index (χ1v) is 5.79. The Morgan fingerprint density at radius 3 is 2.44 bits per heavy atom. The van der Waals surface area contributed by atoms with Crippen molar-refractivity contribution in [2.24, 2.45) is 0 Å². The standard InChI is InChI=1S/C15H15FO2/c1-11-4-2-3-5-14(11)15(17)10-18-13-8-6-12(16)7-9-13/h2-9,15,17H,10H2,1H3. The van der Waals surface area contributed by atoms with Crippen molar-refractivity contribution in [2.75, 3.05) is 6.61 Å². The summed E-state index contributed by atoms with van der Waals surface area (Å²) in [5.41, 5.74) is 1.87. The summed E-state index contributed by atoms with van der Waals surface area (Å²) in [5.74, 6) is 0.242. The molecule has 0 radical (unpaired) electrons. The van der Waals surface area contributed by atoms with Gasteiger partial charge in [0.2, 0.25) is 0 Å². The molecule has 3 heteroatoms. The average Bonchev–Trinajstić information content (AvgIpc) is 2.38. The van der Waals surface area contributed by atoms with Crippen LogP contribution in [-0.4, -0.2) is 11.7 Å². The van der Waals surface area contributed by atoms with E-state index in [0.29, 0.717) is 5.75 Å². The predicted octanol–water partition coefficient (Wildman–Crippen LogP) is 3.25.